The van der Waals surface area contributed by atoms with Crippen LogP contribution in [0.1, 0.15) is 10.6 Å². The smallest absolute Gasteiger partial charge is 0.265 e. The number of benzene rings is 2. The number of anilines is 2. The Bertz CT molecular complexity index is 1090. The maximum atomic E-state index is 12.8. The van der Waals surface area contributed by atoms with Crippen LogP contribution in [0.15, 0.2) is 41.3 Å². The van der Waals surface area contributed by atoms with E-state index in [1.54, 1.807) is 24.3 Å². The predicted molar refractivity (Wildman–Crippen MR) is 98.7 cm³/mol. The number of aryl methyl sites for hydroxylation is 2. The largest absolute Gasteiger partial charge is 0.300 e. The first-order chi connectivity index (χ1) is 11.9. The number of thiazole rings is 1. The number of amides is 1. The number of nitrogens with zero attached hydrogens (tertiary/aromatic N) is 2. The first kappa shape index (κ1) is 16.0. The van der Waals surface area contributed by atoms with E-state index in [9.17, 15) is 13.2 Å². The van der Waals surface area contributed by atoms with Crippen molar-refractivity contribution >= 4 is 48.9 Å². The Labute approximate surface area is 149 Å². The van der Waals surface area contributed by atoms with Gasteiger partial charge in [-0.2, -0.15) is 0 Å². The van der Waals surface area contributed by atoms with Crippen molar-refractivity contribution in [3.05, 3.63) is 47.0 Å². The van der Waals surface area contributed by atoms with Crippen LogP contribution in [0.2, 0.25) is 0 Å². The van der Waals surface area contributed by atoms with Crippen molar-refractivity contribution in [2.24, 2.45) is 0 Å². The Kier molecular flexibility index (Phi) is 3.55. The molecule has 0 unspecified atom stereocenters. The molecule has 0 radical (unpaired) electrons. The standard InChI is InChI=1S/C17H15N3O3S2/c1-10-11(2)24-17(18-10)19-15(21)9-20-13-7-3-5-12-6-4-8-14(16(12)13)25(20,22)23/h3-8H,9H2,1-2H3,(H,18,19,21). The summed E-state index contributed by atoms with van der Waals surface area (Å²) in [6.45, 7) is 3.50. The quantitative estimate of drug-likeness (QED) is 0.765. The number of carbonyl (C=O) groups is 1. The van der Waals surface area contributed by atoms with Gasteiger partial charge in [-0.05, 0) is 31.4 Å². The van der Waals surface area contributed by atoms with Crippen molar-refractivity contribution in [2.45, 2.75) is 18.7 Å². The third-order valence-electron chi connectivity index (χ3n) is 4.24. The second-order valence-corrected chi connectivity index (χ2v) is 8.89. The van der Waals surface area contributed by atoms with Crippen LogP contribution in [0.25, 0.3) is 10.8 Å². The monoisotopic (exact) mass is 373 g/mol. The van der Waals surface area contributed by atoms with Crippen molar-refractivity contribution in [3.63, 3.8) is 0 Å². The first-order valence-electron chi connectivity index (χ1n) is 7.66. The van der Waals surface area contributed by atoms with Gasteiger partial charge in [-0.1, -0.05) is 24.3 Å². The minimum absolute atomic E-state index is 0.245. The van der Waals surface area contributed by atoms with Crippen LogP contribution in [0.3, 0.4) is 0 Å². The fourth-order valence-electron chi connectivity index (χ4n) is 2.94. The van der Waals surface area contributed by atoms with Crippen molar-refractivity contribution < 1.29 is 13.2 Å². The maximum absolute atomic E-state index is 12.8. The number of rotatable bonds is 3. The lowest BCUT2D eigenvalue weighted by molar-refractivity contribution is -0.114. The molecule has 4 rings (SSSR count). The van der Waals surface area contributed by atoms with Gasteiger partial charge in [-0.3, -0.25) is 9.10 Å². The molecule has 1 amide bonds. The highest BCUT2D eigenvalue weighted by Gasteiger charge is 2.36. The van der Waals surface area contributed by atoms with Gasteiger partial charge in [0.2, 0.25) is 5.91 Å². The molecule has 0 spiro atoms. The van der Waals surface area contributed by atoms with Crippen molar-refractivity contribution in [1.82, 2.24) is 4.98 Å². The molecular weight excluding hydrogens is 358 g/mol. The molecule has 1 N–H and O–H groups in total. The highest BCUT2D eigenvalue weighted by molar-refractivity contribution is 7.93. The van der Waals surface area contributed by atoms with Gasteiger partial charge < -0.3 is 5.32 Å². The van der Waals surface area contributed by atoms with E-state index in [4.69, 9.17) is 0 Å². The molecular formula is C17H15N3O3S2. The Balaban J connectivity index is 1.67. The summed E-state index contributed by atoms with van der Waals surface area (Å²) in [6, 6.07) is 10.5. The summed E-state index contributed by atoms with van der Waals surface area (Å²) in [5.74, 6) is -0.415. The zero-order valence-electron chi connectivity index (χ0n) is 13.6. The molecule has 1 aliphatic rings. The fourth-order valence-corrected chi connectivity index (χ4v) is 5.44. The Hall–Kier alpha value is -2.45. The molecule has 0 saturated carbocycles. The normalized spacial score (nSPS) is 14.9. The third-order valence-corrected chi connectivity index (χ3v) is 7.03. The number of hydrogen-bond acceptors (Lipinski definition) is 5. The van der Waals surface area contributed by atoms with Gasteiger partial charge >= 0.3 is 0 Å². The van der Waals surface area contributed by atoms with E-state index in [-0.39, 0.29) is 11.4 Å². The highest BCUT2D eigenvalue weighted by Crippen LogP contribution is 2.41. The van der Waals surface area contributed by atoms with E-state index in [1.807, 2.05) is 26.0 Å². The predicted octanol–water partition coefficient (Wildman–Crippen LogP) is 3.06. The van der Waals surface area contributed by atoms with E-state index in [0.717, 1.165) is 20.3 Å². The molecule has 25 heavy (non-hydrogen) atoms. The summed E-state index contributed by atoms with van der Waals surface area (Å²) >= 11 is 1.37. The molecule has 3 aromatic rings. The van der Waals surface area contributed by atoms with E-state index < -0.39 is 15.9 Å². The molecule has 128 valence electrons. The molecule has 0 atom stereocenters. The van der Waals surface area contributed by atoms with E-state index in [0.29, 0.717) is 16.2 Å². The Morgan fingerprint density at radius 1 is 1.20 bits per heavy atom. The highest BCUT2D eigenvalue weighted by atomic mass is 32.2. The molecule has 0 saturated heterocycles. The van der Waals surface area contributed by atoms with Crippen LogP contribution >= 0.6 is 11.3 Å². The van der Waals surface area contributed by atoms with Crippen LogP contribution in [0.5, 0.6) is 0 Å². The molecule has 0 bridgehead atoms. The number of carbonyl (C=O) groups excluding carboxylic acids is 1. The molecule has 0 fully saturated rings. The Morgan fingerprint density at radius 2 is 1.92 bits per heavy atom. The van der Waals surface area contributed by atoms with Crippen molar-refractivity contribution in [2.75, 3.05) is 16.2 Å². The fraction of sp³-hybridized carbons (Fsp3) is 0.176. The van der Waals surface area contributed by atoms with Crippen LogP contribution in [-0.4, -0.2) is 25.9 Å². The van der Waals surface area contributed by atoms with Crippen LogP contribution in [0.4, 0.5) is 10.8 Å². The van der Waals surface area contributed by atoms with Gasteiger partial charge in [0.15, 0.2) is 5.13 Å². The summed E-state index contributed by atoms with van der Waals surface area (Å²) < 4.78 is 26.8. The molecule has 1 aromatic heterocycles. The maximum Gasteiger partial charge on any atom is 0.265 e. The second kappa shape index (κ2) is 5.53. The number of aromatic nitrogens is 1. The van der Waals surface area contributed by atoms with Gasteiger partial charge in [0.05, 0.1) is 16.3 Å². The molecule has 1 aliphatic heterocycles. The average Bonchev–Trinajstić information content (AvgIpc) is 2.98. The lowest BCUT2D eigenvalue weighted by Gasteiger charge is -2.17. The minimum Gasteiger partial charge on any atom is -0.300 e. The SMILES string of the molecule is Cc1nc(NC(=O)CN2c3cccc4cccc(c34)S2(=O)=O)sc1C. The van der Waals surface area contributed by atoms with E-state index >= 15 is 0 Å². The molecule has 8 heteroatoms. The van der Waals surface area contributed by atoms with E-state index in [1.165, 1.54) is 11.3 Å². The number of hydrogen-bond donors (Lipinski definition) is 1. The van der Waals surface area contributed by atoms with Gasteiger partial charge in [0.1, 0.15) is 6.54 Å². The zero-order chi connectivity index (χ0) is 17.8. The van der Waals surface area contributed by atoms with Gasteiger partial charge in [-0.15, -0.1) is 11.3 Å². The van der Waals surface area contributed by atoms with Gasteiger partial charge in [0.25, 0.3) is 10.0 Å². The number of nitrogens with one attached hydrogen (secondary N) is 1. The topological polar surface area (TPSA) is 79.4 Å². The average molecular weight is 373 g/mol. The summed E-state index contributed by atoms with van der Waals surface area (Å²) in [7, 11) is -3.73. The Morgan fingerprint density at radius 3 is 2.60 bits per heavy atom. The lowest BCUT2D eigenvalue weighted by Crippen LogP contribution is -2.35. The number of sulfonamides is 1. The van der Waals surface area contributed by atoms with Crippen LogP contribution in [0, 0.1) is 13.8 Å². The van der Waals surface area contributed by atoms with Gasteiger partial charge in [0, 0.05) is 10.3 Å². The van der Waals surface area contributed by atoms with Crippen LogP contribution < -0.4 is 9.62 Å². The van der Waals surface area contributed by atoms with E-state index in [2.05, 4.69) is 10.3 Å². The lowest BCUT2D eigenvalue weighted by atomic mass is 10.1. The zero-order valence-corrected chi connectivity index (χ0v) is 15.2. The summed E-state index contributed by atoms with van der Waals surface area (Å²) in [5.41, 5.74) is 1.39. The summed E-state index contributed by atoms with van der Waals surface area (Å²) in [5, 5.41) is 4.67. The van der Waals surface area contributed by atoms with Crippen LogP contribution in [-0.2, 0) is 14.8 Å². The molecule has 6 nitrogen and oxygen atoms in total. The van der Waals surface area contributed by atoms with Crippen molar-refractivity contribution in [1.29, 1.82) is 0 Å². The minimum atomic E-state index is -3.73. The molecule has 2 aromatic carbocycles. The van der Waals surface area contributed by atoms with Crippen molar-refractivity contribution in [3.8, 4) is 0 Å². The molecule has 2 heterocycles. The summed E-state index contributed by atoms with van der Waals surface area (Å²) in [4.78, 5) is 17.9. The molecule has 0 aliphatic carbocycles. The third kappa shape index (κ3) is 2.49. The van der Waals surface area contributed by atoms with Gasteiger partial charge in [-0.25, -0.2) is 13.4 Å². The first-order valence-corrected chi connectivity index (χ1v) is 9.92. The second-order valence-electron chi connectivity index (χ2n) is 5.85. The summed E-state index contributed by atoms with van der Waals surface area (Å²) in [6.07, 6.45) is 0.